The highest BCUT2D eigenvalue weighted by Crippen LogP contribution is 2.29. The van der Waals surface area contributed by atoms with Crippen LogP contribution in [-0.2, 0) is 32.6 Å². The molecule has 0 bridgehead atoms. The van der Waals surface area contributed by atoms with Crippen LogP contribution >= 0.6 is 39.1 Å². The van der Waals surface area contributed by atoms with Gasteiger partial charge < -0.3 is 10.2 Å². The number of hydrogen-bond acceptors (Lipinski definition) is 4. The molecule has 40 heavy (non-hydrogen) atoms. The molecule has 3 aromatic rings. The van der Waals surface area contributed by atoms with Crippen molar-refractivity contribution < 1.29 is 18.0 Å². The van der Waals surface area contributed by atoms with Crippen molar-refractivity contribution >= 4 is 66.7 Å². The van der Waals surface area contributed by atoms with Gasteiger partial charge in [-0.1, -0.05) is 81.6 Å². The van der Waals surface area contributed by atoms with E-state index in [-0.39, 0.29) is 34.6 Å². The van der Waals surface area contributed by atoms with Crippen molar-refractivity contribution in [3.63, 3.8) is 0 Å². The summed E-state index contributed by atoms with van der Waals surface area (Å²) < 4.78 is 27.5. The lowest BCUT2D eigenvalue weighted by Crippen LogP contribution is -2.56. The summed E-state index contributed by atoms with van der Waals surface area (Å²) in [4.78, 5) is 29.2. The van der Waals surface area contributed by atoms with E-state index in [1.54, 1.807) is 0 Å². The Bertz CT molecular complexity index is 1450. The molecule has 0 radical (unpaired) electrons. The zero-order valence-electron chi connectivity index (χ0n) is 22.7. The number of carbonyl (C=O) groups excluding carboxylic acids is 2. The number of carbonyl (C=O) groups is 2. The highest BCUT2D eigenvalue weighted by Gasteiger charge is 2.34. The second-order valence-electron chi connectivity index (χ2n) is 10.5. The Labute approximate surface area is 254 Å². The summed E-state index contributed by atoms with van der Waals surface area (Å²) in [6.07, 6.45) is 1.24. The lowest BCUT2D eigenvalue weighted by atomic mass is 10.0. The van der Waals surface area contributed by atoms with Crippen LogP contribution in [0.1, 0.15) is 31.9 Å². The monoisotopic (exact) mass is 667 g/mol. The molecule has 0 spiro atoms. The van der Waals surface area contributed by atoms with E-state index >= 15 is 0 Å². The third-order valence-electron chi connectivity index (χ3n) is 5.91. The normalized spacial score (nSPS) is 12.5. The Morgan fingerprint density at radius 2 is 1.55 bits per heavy atom. The van der Waals surface area contributed by atoms with Gasteiger partial charge in [-0.3, -0.25) is 13.9 Å². The molecule has 0 saturated carbocycles. The minimum Gasteiger partial charge on any atom is -0.350 e. The van der Waals surface area contributed by atoms with Crippen LogP contribution in [0.5, 0.6) is 0 Å². The SMILES string of the molecule is CC(C)(C)NC(=O)[C@H](Cc1ccccc1)N(Cc1ccc(Br)cc1)C(=O)CN(c1ccc(Cl)c(Cl)c1)S(C)(=O)=O. The average molecular weight is 669 g/mol. The molecule has 3 aromatic carbocycles. The molecule has 214 valence electrons. The lowest BCUT2D eigenvalue weighted by Gasteiger charge is -2.35. The van der Waals surface area contributed by atoms with E-state index in [4.69, 9.17) is 23.2 Å². The Hall–Kier alpha value is -2.59. The van der Waals surface area contributed by atoms with Crippen molar-refractivity contribution in [2.75, 3.05) is 17.1 Å². The summed E-state index contributed by atoms with van der Waals surface area (Å²) in [6, 6.07) is 20.2. The van der Waals surface area contributed by atoms with Gasteiger partial charge in [0.05, 0.1) is 22.0 Å². The maximum Gasteiger partial charge on any atom is 0.244 e. The van der Waals surface area contributed by atoms with Gasteiger partial charge in [0, 0.05) is 23.0 Å². The molecule has 0 aliphatic rings. The third kappa shape index (κ3) is 9.23. The summed E-state index contributed by atoms with van der Waals surface area (Å²) in [7, 11) is -3.91. The van der Waals surface area contributed by atoms with E-state index in [9.17, 15) is 18.0 Å². The molecule has 0 aliphatic carbocycles. The first-order chi connectivity index (χ1) is 18.6. The number of rotatable bonds is 10. The van der Waals surface area contributed by atoms with Gasteiger partial charge in [-0.2, -0.15) is 0 Å². The van der Waals surface area contributed by atoms with Crippen LogP contribution in [-0.4, -0.2) is 49.5 Å². The predicted molar refractivity (Wildman–Crippen MR) is 165 cm³/mol. The zero-order valence-corrected chi connectivity index (χ0v) is 26.6. The number of halogens is 3. The highest BCUT2D eigenvalue weighted by atomic mass is 79.9. The van der Waals surface area contributed by atoms with Gasteiger partial charge >= 0.3 is 0 Å². The van der Waals surface area contributed by atoms with Crippen LogP contribution < -0.4 is 9.62 Å². The zero-order chi connectivity index (χ0) is 29.7. The molecular formula is C29H32BrCl2N3O4S. The van der Waals surface area contributed by atoms with Crippen LogP contribution in [0, 0.1) is 0 Å². The molecule has 7 nitrogen and oxygen atoms in total. The van der Waals surface area contributed by atoms with Gasteiger partial charge in [0.2, 0.25) is 21.8 Å². The molecule has 1 atom stereocenters. The van der Waals surface area contributed by atoms with Crippen molar-refractivity contribution in [2.45, 2.75) is 45.3 Å². The van der Waals surface area contributed by atoms with E-state index in [2.05, 4.69) is 21.2 Å². The van der Waals surface area contributed by atoms with E-state index in [1.165, 1.54) is 23.1 Å². The fourth-order valence-corrected chi connectivity index (χ4v) is 5.45. The maximum absolute atomic E-state index is 14.1. The number of benzene rings is 3. The van der Waals surface area contributed by atoms with Crippen molar-refractivity contribution in [2.24, 2.45) is 0 Å². The predicted octanol–water partition coefficient (Wildman–Crippen LogP) is 6.08. The molecule has 0 aromatic heterocycles. The molecule has 1 N–H and O–H groups in total. The summed E-state index contributed by atoms with van der Waals surface area (Å²) in [6.45, 7) is 5.13. The highest BCUT2D eigenvalue weighted by molar-refractivity contribution is 9.10. The number of hydrogen-bond donors (Lipinski definition) is 1. The molecule has 0 aliphatic heterocycles. The van der Waals surface area contributed by atoms with Crippen molar-refractivity contribution in [1.29, 1.82) is 0 Å². The van der Waals surface area contributed by atoms with Gasteiger partial charge in [0.15, 0.2) is 0 Å². The average Bonchev–Trinajstić information content (AvgIpc) is 2.86. The fraction of sp³-hybridized carbons (Fsp3) is 0.310. The van der Waals surface area contributed by atoms with Crippen molar-refractivity contribution in [1.82, 2.24) is 10.2 Å². The molecule has 0 heterocycles. The van der Waals surface area contributed by atoms with E-state index < -0.39 is 34.1 Å². The first-order valence-electron chi connectivity index (χ1n) is 12.5. The van der Waals surface area contributed by atoms with Gasteiger partial charge in [0.25, 0.3) is 0 Å². The second-order valence-corrected chi connectivity index (χ2v) is 14.1. The Morgan fingerprint density at radius 1 is 0.925 bits per heavy atom. The summed E-state index contributed by atoms with van der Waals surface area (Å²) in [5.41, 5.74) is 1.26. The first-order valence-corrected chi connectivity index (χ1v) is 15.9. The van der Waals surface area contributed by atoms with E-state index in [0.717, 1.165) is 26.2 Å². The van der Waals surface area contributed by atoms with E-state index in [1.807, 2.05) is 75.4 Å². The van der Waals surface area contributed by atoms with Crippen LogP contribution in [0.2, 0.25) is 10.0 Å². The molecule has 2 amide bonds. The molecule has 0 saturated heterocycles. The molecule has 11 heteroatoms. The quantitative estimate of drug-likeness (QED) is 0.284. The smallest absolute Gasteiger partial charge is 0.244 e. The third-order valence-corrected chi connectivity index (χ3v) is 8.31. The largest absolute Gasteiger partial charge is 0.350 e. The summed E-state index contributed by atoms with van der Waals surface area (Å²) in [5.74, 6) is -0.897. The van der Waals surface area contributed by atoms with Gasteiger partial charge in [-0.15, -0.1) is 0 Å². The van der Waals surface area contributed by atoms with Gasteiger partial charge in [0.1, 0.15) is 12.6 Å². The summed E-state index contributed by atoms with van der Waals surface area (Å²) in [5, 5.41) is 3.40. The number of anilines is 1. The van der Waals surface area contributed by atoms with Crippen molar-refractivity contribution in [3.05, 3.63) is 98.4 Å². The molecular weight excluding hydrogens is 637 g/mol. The van der Waals surface area contributed by atoms with Crippen molar-refractivity contribution in [3.8, 4) is 0 Å². The van der Waals surface area contributed by atoms with Gasteiger partial charge in [-0.25, -0.2) is 8.42 Å². The number of nitrogens with one attached hydrogen (secondary N) is 1. The molecule has 3 rings (SSSR count). The Balaban J connectivity index is 2.08. The van der Waals surface area contributed by atoms with Crippen LogP contribution in [0.15, 0.2) is 77.3 Å². The number of amides is 2. The lowest BCUT2D eigenvalue weighted by molar-refractivity contribution is -0.140. The maximum atomic E-state index is 14.1. The standard InChI is InChI=1S/C29H32BrCl2N3O4S/c1-29(2,3)33-28(37)26(16-20-8-6-5-7-9-20)34(18-21-10-12-22(30)13-11-21)27(36)19-35(40(4,38)39)23-14-15-24(31)25(32)17-23/h5-15,17,26H,16,18-19H2,1-4H3,(H,33,37)/t26-/m0/s1. The minimum absolute atomic E-state index is 0.0835. The minimum atomic E-state index is -3.91. The Morgan fingerprint density at radius 3 is 2.10 bits per heavy atom. The van der Waals surface area contributed by atoms with Crippen LogP contribution in [0.4, 0.5) is 5.69 Å². The first kappa shape index (κ1) is 31.9. The second kappa shape index (κ2) is 13.4. The topological polar surface area (TPSA) is 86.8 Å². The van der Waals surface area contributed by atoms with Gasteiger partial charge in [-0.05, 0) is 62.2 Å². The molecule has 0 fully saturated rings. The summed E-state index contributed by atoms with van der Waals surface area (Å²) >= 11 is 15.6. The van der Waals surface area contributed by atoms with E-state index in [0.29, 0.717) is 0 Å². The fourth-order valence-electron chi connectivity index (χ4n) is 4.05. The molecule has 0 unspecified atom stereocenters. The van der Waals surface area contributed by atoms with Crippen LogP contribution in [0.25, 0.3) is 0 Å². The number of sulfonamides is 1. The number of nitrogens with zero attached hydrogens (tertiary/aromatic N) is 2. The Kier molecular flexibility index (Phi) is 10.7. The van der Waals surface area contributed by atoms with Crippen LogP contribution in [0.3, 0.4) is 0 Å².